The van der Waals surface area contributed by atoms with Crippen molar-refractivity contribution in [1.82, 2.24) is 0 Å². The maximum Gasteiger partial charge on any atom is 0.256 e. The highest BCUT2D eigenvalue weighted by atomic mass is 19.1. The van der Waals surface area contributed by atoms with E-state index in [0.29, 0.717) is 11.3 Å². The second kappa shape index (κ2) is 4.87. The molecule has 0 aromatic heterocycles. The third-order valence-corrected chi connectivity index (χ3v) is 2.63. The van der Waals surface area contributed by atoms with Gasteiger partial charge < -0.3 is 11.1 Å². The average Bonchev–Trinajstić information content (AvgIpc) is 2.35. The number of nitrogen functional groups attached to an aromatic ring is 1. The predicted molar refractivity (Wildman–Crippen MR) is 69.9 cm³/mol. The predicted octanol–water partition coefficient (Wildman–Crippen LogP) is 2.97. The molecule has 0 saturated carbocycles. The first-order valence-corrected chi connectivity index (χ1v) is 5.50. The molecule has 92 valence electrons. The van der Waals surface area contributed by atoms with Crippen LogP contribution in [0, 0.1) is 12.7 Å². The van der Waals surface area contributed by atoms with Gasteiger partial charge in [0.05, 0.1) is 5.69 Å². The molecule has 0 atom stereocenters. The molecule has 0 bridgehead atoms. The first-order valence-electron chi connectivity index (χ1n) is 5.50. The standard InChI is InChI=1S/C14H13FN2O/c1-9-6-7-10(16)8-11(9)14(18)17-13-5-3-2-4-12(13)15/h2-8H,16H2,1H3,(H,17,18). The third kappa shape index (κ3) is 2.48. The summed E-state index contributed by atoms with van der Waals surface area (Å²) in [6.45, 7) is 1.80. The molecule has 3 N–H and O–H groups in total. The Balaban J connectivity index is 2.28. The van der Waals surface area contributed by atoms with Crippen molar-refractivity contribution in [3.8, 4) is 0 Å². The number of rotatable bonds is 2. The van der Waals surface area contributed by atoms with Crippen LogP contribution in [0.25, 0.3) is 0 Å². The molecule has 0 spiro atoms. The molecule has 2 aromatic carbocycles. The minimum absolute atomic E-state index is 0.157. The molecule has 0 radical (unpaired) electrons. The highest BCUT2D eigenvalue weighted by molar-refractivity contribution is 6.05. The van der Waals surface area contributed by atoms with Crippen LogP contribution in [0.5, 0.6) is 0 Å². The fourth-order valence-electron chi connectivity index (χ4n) is 1.64. The van der Waals surface area contributed by atoms with Gasteiger partial charge in [0, 0.05) is 11.3 Å². The lowest BCUT2D eigenvalue weighted by Gasteiger charge is -2.09. The summed E-state index contributed by atoms with van der Waals surface area (Å²) in [4.78, 5) is 12.0. The van der Waals surface area contributed by atoms with E-state index in [1.165, 1.54) is 12.1 Å². The number of amides is 1. The molecule has 0 unspecified atom stereocenters. The fourth-order valence-corrected chi connectivity index (χ4v) is 1.64. The van der Waals surface area contributed by atoms with Crippen molar-refractivity contribution in [3.05, 3.63) is 59.4 Å². The van der Waals surface area contributed by atoms with Crippen LogP contribution in [0.2, 0.25) is 0 Å². The number of anilines is 2. The molecule has 0 fully saturated rings. The molecule has 2 rings (SSSR count). The second-order valence-corrected chi connectivity index (χ2v) is 4.01. The van der Waals surface area contributed by atoms with Crippen molar-refractivity contribution in [2.45, 2.75) is 6.92 Å². The van der Waals surface area contributed by atoms with Crippen LogP contribution in [-0.2, 0) is 0 Å². The van der Waals surface area contributed by atoms with Crippen molar-refractivity contribution in [2.75, 3.05) is 11.1 Å². The topological polar surface area (TPSA) is 55.1 Å². The lowest BCUT2D eigenvalue weighted by atomic mass is 10.1. The highest BCUT2D eigenvalue weighted by Gasteiger charge is 2.11. The van der Waals surface area contributed by atoms with Crippen LogP contribution in [0.15, 0.2) is 42.5 Å². The van der Waals surface area contributed by atoms with Crippen molar-refractivity contribution in [3.63, 3.8) is 0 Å². The Morgan fingerprint density at radius 2 is 1.94 bits per heavy atom. The SMILES string of the molecule is Cc1ccc(N)cc1C(=O)Nc1ccccc1F. The summed E-state index contributed by atoms with van der Waals surface area (Å²) in [7, 11) is 0. The summed E-state index contributed by atoms with van der Waals surface area (Å²) in [5.74, 6) is -0.836. The number of carbonyl (C=O) groups excluding carboxylic acids is 1. The van der Waals surface area contributed by atoms with E-state index in [4.69, 9.17) is 5.73 Å². The Bertz CT molecular complexity index is 596. The molecule has 18 heavy (non-hydrogen) atoms. The zero-order chi connectivity index (χ0) is 13.1. The summed E-state index contributed by atoms with van der Waals surface area (Å²) in [5, 5.41) is 2.53. The molecule has 1 amide bonds. The minimum Gasteiger partial charge on any atom is -0.399 e. The van der Waals surface area contributed by atoms with Gasteiger partial charge in [-0.3, -0.25) is 4.79 Å². The van der Waals surface area contributed by atoms with Crippen LogP contribution in [0.4, 0.5) is 15.8 Å². The fraction of sp³-hybridized carbons (Fsp3) is 0.0714. The van der Waals surface area contributed by atoms with Gasteiger partial charge in [-0.05, 0) is 36.8 Å². The summed E-state index contributed by atoms with van der Waals surface area (Å²) in [6.07, 6.45) is 0. The lowest BCUT2D eigenvalue weighted by Crippen LogP contribution is -2.14. The smallest absolute Gasteiger partial charge is 0.256 e. The monoisotopic (exact) mass is 244 g/mol. The zero-order valence-corrected chi connectivity index (χ0v) is 9.91. The minimum atomic E-state index is -0.465. The molecule has 0 aliphatic rings. The Hall–Kier alpha value is -2.36. The molecular formula is C14H13FN2O. The van der Waals surface area contributed by atoms with Crippen LogP contribution in [0.1, 0.15) is 15.9 Å². The number of halogens is 1. The van der Waals surface area contributed by atoms with Crippen molar-refractivity contribution < 1.29 is 9.18 Å². The van der Waals surface area contributed by atoms with E-state index in [2.05, 4.69) is 5.32 Å². The number of nitrogens with one attached hydrogen (secondary N) is 1. The van der Waals surface area contributed by atoms with Crippen LogP contribution >= 0.6 is 0 Å². The summed E-state index contributed by atoms with van der Waals surface area (Å²) in [5.41, 5.74) is 7.52. The van der Waals surface area contributed by atoms with E-state index in [1.807, 2.05) is 0 Å². The maximum atomic E-state index is 13.4. The van der Waals surface area contributed by atoms with Crippen molar-refractivity contribution >= 4 is 17.3 Å². The van der Waals surface area contributed by atoms with Gasteiger partial charge in [0.15, 0.2) is 0 Å². The molecule has 0 heterocycles. The number of nitrogens with two attached hydrogens (primary N) is 1. The number of benzene rings is 2. The quantitative estimate of drug-likeness (QED) is 0.798. The molecular weight excluding hydrogens is 231 g/mol. The van der Waals surface area contributed by atoms with Crippen molar-refractivity contribution in [2.24, 2.45) is 0 Å². The summed E-state index contributed by atoms with van der Waals surface area (Å²) >= 11 is 0. The van der Waals surface area contributed by atoms with Gasteiger partial charge in [-0.2, -0.15) is 0 Å². The Labute approximate surface area is 104 Å². The van der Waals surface area contributed by atoms with Gasteiger partial charge in [-0.25, -0.2) is 4.39 Å². The summed E-state index contributed by atoms with van der Waals surface area (Å²) < 4.78 is 13.4. The van der Waals surface area contributed by atoms with E-state index in [1.54, 1.807) is 37.3 Å². The number of aryl methyl sites for hydroxylation is 1. The van der Waals surface area contributed by atoms with E-state index < -0.39 is 5.82 Å². The molecule has 4 heteroatoms. The molecule has 0 saturated heterocycles. The van der Waals surface area contributed by atoms with Gasteiger partial charge in [0.25, 0.3) is 5.91 Å². The van der Waals surface area contributed by atoms with Crippen LogP contribution in [0.3, 0.4) is 0 Å². The average molecular weight is 244 g/mol. The van der Waals surface area contributed by atoms with Gasteiger partial charge in [-0.1, -0.05) is 18.2 Å². The number of para-hydroxylation sites is 1. The number of carbonyl (C=O) groups is 1. The van der Waals surface area contributed by atoms with Crippen LogP contribution in [-0.4, -0.2) is 5.91 Å². The van der Waals surface area contributed by atoms with Crippen LogP contribution < -0.4 is 11.1 Å². The lowest BCUT2D eigenvalue weighted by molar-refractivity contribution is 0.102. The Morgan fingerprint density at radius 3 is 2.67 bits per heavy atom. The van der Waals surface area contributed by atoms with E-state index >= 15 is 0 Å². The van der Waals surface area contributed by atoms with Gasteiger partial charge in [0.1, 0.15) is 5.82 Å². The third-order valence-electron chi connectivity index (χ3n) is 2.63. The van der Waals surface area contributed by atoms with E-state index in [9.17, 15) is 9.18 Å². The van der Waals surface area contributed by atoms with E-state index in [-0.39, 0.29) is 11.6 Å². The molecule has 2 aromatic rings. The van der Waals surface area contributed by atoms with Gasteiger partial charge in [-0.15, -0.1) is 0 Å². The normalized spacial score (nSPS) is 10.1. The largest absolute Gasteiger partial charge is 0.399 e. The Kier molecular flexibility index (Phi) is 3.28. The maximum absolute atomic E-state index is 13.4. The Morgan fingerprint density at radius 1 is 1.22 bits per heavy atom. The summed E-state index contributed by atoms with van der Waals surface area (Å²) in [6, 6.07) is 11.1. The zero-order valence-electron chi connectivity index (χ0n) is 9.91. The number of hydrogen-bond donors (Lipinski definition) is 2. The molecule has 0 aliphatic carbocycles. The van der Waals surface area contributed by atoms with Crippen molar-refractivity contribution in [1.29, 1.82) is 0 Å². The molecule has 3 nitrogen and oxygen atoms in total. The molecule has 0 aliphatic heterocycles. The highest BCUT2D eigenvalue weighted by Crippen LogP contribution is 2.17. The van der Waals surface area contributed by atoms with Gasteiger partial charge in [0.2, 0.25) is 0 Å². The number of hydrogen-bond acceptors (Lipinski definition) is 2. The first kappa shape index (κ1) is 12.1. The second-order valence-electron chi connectivity index (χ2n) is 4.01. The van der Waals surface area contributed by atoms with Gasteiger partial charge >= 0.3 is 0 Å². The van der Waals surface area contributed by atoms with E-state index in [0.717, 1.165) is 5.56 Å². The first-order chi connectivity index (χ1) is 8.58.